The lowest BCUT2D eigenvalue weighted by Gasteiger charge is -2.15. The second kappa shape index (κ2) is 6.90. The molecule has 5 nitrogen and oxygen atoms in total. The van der Waals surface area contributed by atoms with Crippen LogP contribution in [0.3, 0.4) is 0 Å². The van der Waals surface area contributed by atoms with Gasteiger partial charge in [0.05, 0.1) is 6.61 Å². The van der Waals surface area contributed by atoms with Crippen LogP contribution >= 0.6 is 0 Å². The lowest BCUT2D eigenvalue weighted by Crippen LogP contribution is -2.30. The Morgan fingerprint density at radius 2 is 2.00 bits per heavy atom. The number of esters is 1. The molecule has 0 aliphatic heterocycles. The number of ether oxygens (including phenoxy) is 1. The fourth-order valence-electron chi connectivity index (χ4n) is 1.78. The number of nitrogens with zero attached hydrogens (tertiary/aromatic N) is 2. The Bertz CT molecular complexity index is 580. The number of carbonyl (C=O) groups is 1. The molecule has 1 aromatic heterocycles. The van der Waals surface area contributed by atoms with Crippen LogP contribution in [0.4, 0.5) is 0 Å². The van der Waals surface area contributed by atoms with Crippen molar-refractivity contribution in [1.29, 1.82) is 5.26 Å². The van der Waals surface area contributed by atoms with E-state index in [1.54, 1.807) is 6.07 Å². The Kier molecular flexibility index (Phi) is 5.51. The number of aromatic nitrogens is 1. The predicted molar refractivity (Wildman–Crippen MR) is 75.3 cm³/mol. The first kappa shape index (κ1) is 16.0. The minimum atomic E-state index is -0.460. The minimum absolute atomic E-state index is 0.0334. The van der Waals surface area contributed by atoms with Crippen molar-refractivity contribution < 1.29 is 9.53 Å². The SMILES string of the molecule is CC(C)COC(=O)Cn1c(C(C)C)ccc(C#N)c1=O. The van der Waals surface area contributed by atoms with Gasteiger partial charge in [-0.3, -0.25) is 9.59 Å². The standard InChI is InChI=1S/C15H20N2O3/c1-10(2)9-20-14(18)8-17-13(11(3)4)6-5-12(7-16)15(17)19/h5-6,10-11H,8-9H2,1-4H3. The van der Waals surface area contributed by atoms with Gasteiger partial charge in [-0.2, -0.15) is 5.26 Å². The molecule has 0 aliphatic rings. The molecule has 0 atom stereocenters. The van der Waals surface area contributed by atoms with Crippen LogP contribution in [0.1, 0.15) is 44.9 Å². The largest absolute Gasteiger partial charge is 0.464 e. The third kappa shape index (κ3) is 3.95. The first-order valence-electron chi connectivity index (χ1n) is 6.66. The fourth-order valence-corrected chi connectivity index (χ4v) is 1.78. The van der Waals surface area contributed by atoms with E-state index in [0.717, 1.165) is 5.69 Å². The average Bonchev–Trinajstić information content (AvgIpc) is 2.38. The first-order chi connectivity index (χ1) is 9.36. The van der Waals surface area contributed by atoms with E-state index in [1.807, 2.05) is 33.8 Å². The summed E-state index contributed by atoms with van der Waals surface area (Å²) in [6, 6.07) is 5.04. The molecule has 0 amide bonds. The van der Waals surface area contributed by atoms with Crippen molar-refractivity contribution in [3.05, 3.63) is 33.7 Å². The maximum absolute atomic E-state index is 12.1. The van der Waals surface area contributed by atoms with Crippen LogP contribution in [0, 0.1) is 17.2 Å². The highest BCUT2D eigenvalue weighted by atomic mass is 16.5. The molecular weight excluding hydrogens is 256 g/mol. The van der Waals surface area contributed by atoms with Gasteiger partial charge < -0.3 is 9.30 Å². The topological polar surface area (TPSA) is 72.1 Å². The van der Waals surface area contributed by atoms with E-state index in [4.69, 9.17) is 10.00 Å². The zero-order valence-electron chi connectivity index (χ0n) is 12.3. The maximum atomic E-state index is 12.1. The number of hydrogen-bond acceptors (Lipinski definition) is 4. The van der Waals surface area contributed by atoms with Crippen LogP contribution in [0.5, 0.6) is 0 Å². The van der Waals surface area contributed by atoms with Crippen molar-refractivity contribution in [3.63, 3.8) is 0 Å². The van der Waals surface area contributed by atoms with Gasteiger partial charge in [0.25, 0.3) is 5.56 Å². The Labute approximate surface area is 118 Å². The number of nitriles is 1. The third-order valence-electron chi connectivity index (χ3n) is 2.78. The molecule has 1 heterocycles. The lowest BCUT2D eigenvalue weighted by atomic mass is 10.1. The van der Waals surface area contributed by atoms with Crippen molar-refractivity contribution in [2.24, 2.45) is 5.92 Å². The fraction of sp³-hybridized carbons (Fsp3) is 0.533. The van der Waals surface area contributed by atoms with Crippen LogP contribution in [0.15, 0.2) is 16.9 Å². The summed E-state index contributed by atoms with van der Waals surface area (Å²) in [6.45, 7) is 7.90. The molecular formula is C15H20N2O3. The van der Waals surface area contributed by atoms with Crippen molar-refractivity contribution in [1.82, 2.24) is 4.57 Å². The van der Waals surface area contributed by atoms with Crippen LogP contribution in [-0.2, 0) is 16.1 Å². The quantitative estimate of drug-likeness (QED) is 0.771. The van der Waals surface area contributed by atoms with Gasteiger partial charge >= 0.3 is 5.97 Å². The molecule has 0 unspecified atom stereocenters. The van der Waals surface area contributed by atoms with Gasteiger partial charge in [-0.15, -0.1) is 0 Å². The highest BCUT2D eigenvalue weighted by Crippen LogP contribution is 2.13. The molecule has 20 heavy (non-hydrogen) atoms. The number of pyridine rings is 1. The molecule has 108 valence electrons. The van der Waals surface area contributed by atoms with Gasteiger partial charge in [0.1, 0.15) is 18.2 Å². The summed E-state index contributed by atoms with van der Waals surface area (Å²) in [4.78, 5) is 23.9. The van der Waals surface area contributed by atoms with Crippen LogP contribution < -0.4 is 5.56 Å². The summed E-state index contributed by atoms with van der Waals surface area (Å²) < 4.78 is 6.41. The summed E-state index contributed by atoms with van der Waals surface area (Å²) in [5, 5.41) is 8.90. The molecule has 0 saturated carbocycles. The van der Waals surface area contributed by atoms with Crippen molar-refractivity contribution in [3.8, 4) is 6.07 Å². The van der Waals surface area contributed by atoms with Crippen molar-refractivity contribution in [2.45, 2.75) is 40.2 Å². The van der Waals surface area contributed by atoms with E-state index >= 15 is 0 Å². The van der Waals surface area contributed by atoms with Crippen LogP contribution in [-0.4, -0.2) is 17.1 Å². The smallest absolute Gasteiger partial charge is 0.326 e. The normalized spacial score (nSPS) is 10.7. The summed E-state index contributed by atoms with van der Waals surface area (Å²) in [7, 11) is 0. The summed E-state index contributed by atoms with van der Waals surface area (Å²) >= 11 is 0. The van der Waals surface area contributed by atoms with Crippen molar-refractivity contribution >= 4 is 5.97 Å². The maximum Gasteiger partial charge on any atom is 0.326 e. The van der Waals surface area contributed by atoms with E-state index in [1.165, 1.54) is 10.6 Å². The summed E-state index contributed by atoms with van der Waals surface area (Å²) in [5.41, 5.74) is 0.307. The van der Waals surface area contributed by atoms with E-state index in [0.29, 0.717) is 6.61 Å². The van der Waals surface area contributed by atoms with Gasteiger partial charge in [-0.25, -0.2) is 0 Å². The molecule has 0 aliphatic carbocycles. The number of rotatable bonds is 5. The van der Waals surface area contributed by atoms with Crippen LogP contribution in [0.2, 0.25) is 0 Å². The Morgan fingerprint density at radius 3 is 2.50 bits per heavy atom. The van der Waals surface area contributed by atoms with E-state index in [2.05, 4.69) is 0 Å². The second-order valence-corrected chi connectivity index (χ2v) is 5.41. The Morgan fingerprint density at radius 1 is 1.35 bits per heavy atom. The van der Waals surface area contributed by atoms with Gasteiger partial charge in [-0.1, -0.05) is 27.7 Å². The average molecular weight is 276 g/mol. The third-order valence-corrected chi connectivity index (χ3v) is 2.78. The second-order valence-electron chi connectivity index (χ2n) is 5.41. The molecule has 1 aromatic rings. The minimum Gasteiger partial charge on any atom is -0.464 e. The summed E-state index contributed by atoms with van der Waals surface area (Å²) in [6.07, 6.45) is 0. The zero-order chi connectivity index (χ0) is 15.3. The molecule has 1 rings (SSSR count). The van der Waals surface area contributed by atoms with Gasteiger partial charge in [-0.05, 0) is 24.0 Å². The lowest BCUT2D eigenvalue weighted by molar-refractivity contribution is -0.145. The molecule has 0 aromatic carbocycles. The van der Waals surface area contributed by atoms with Crippen LogP contribution in [0.25, 0.3) is 0 Å². The van der Waals surface area contributed by atoms with E-state index in [-0.39, 0.29) is 23.9 Å². The van der Waals surface area contributed by atoms with Crippen molar-refractivity contribution in [2.75, 3.05) is 6.61 Å². The summed E-state index contributed by atoms with van der Waals surface area (Å²) in [5.74, 6) is -0.142. The molecule has 0 bridgehead atoms. The number of carbonyl (C=O) groups excluding carboxylic acids is 1. The molecule has 0 N–H and O–H groups in total. The Hall–Kier alpha value is -2.09. The van der Waals surface area contributed by atoms with Gasteiger partial charge in [0, 0.05) is 5.69 Å². The highest BCUT2D eigenvalue weighted by Gasteiger charge is 2.15. The molecule has 0 spiro atoms. The first-order valence-corrected chi connectivity index (χ1v) is 6.66. The van der Waals surface area contributed by atoms with E-state index in [9.17, 15) is 9.59 Å². The van der Waals surface area contributed by atoms with Gasteiger partial charge in [0.2, 0.25) is 0 Å². The molecule has 0 saturated heterocycles. The monoisotopic (exact) mass is 276 g/mol. The molecule has 0 radical (unpaired) electrons. The zero-order valence-corrected chi connectivity index (χ0v) is 12.3. The highest BCUT2D eigenvalue weighted by molar-refractivity contribution is 5.69. The molecule has 5 heteroatoms. The Balaban J connectivity index is 3.06. The van der Waals surface area contributed by atoms with Gasteiger partial charge in [0.15, 0.2) is 0 Å². The molecule has 0 fully saturated rings. The number of hydrogen-bond donors (Lipinski definition) is 0. The predicted octanol–water partition coefficient (Wildman–Crippen LogP) is 2.04. The van der Waals surface area contributed by atoms with E-state index < -0.39 is 11.5 Å².